The van der Waals surface area contributed by atoms with E-state index in [1.54, 1.807) is 18.5 Å². The molecular weight excluding hydrogens is 427 g/mol. The van der Waals surface area contributed by atoms with E-state index in [9.17, 15) is 12.8 Å². The van der Waals surface area contributed by atoms with Crippen LogP contribution in [-0.2, 0) is 23.2 Å². The van der Waals surface area contributed by atoms with Crippen LogP contribution in [0.1, 0.15) is 11.1 Å². The van der Waals surface area contributed by atoms with Gasteiger partial charge in [-0.25, -0.2) is 9.11 Å². The maximum Gasteiger partial charge on any atom is 0.278 e. The first-order chi connectivity index (χ1) is 15.3. The van der Waals surface area contributed by atoms with Crippen LogP contribution in [0.3, 0.4) is 0 Å². The van der Waals surface area contributed by atoms with Crippen LogP contribution in [0.4, 0.5) is 4.39 Å². The van der Waals surface area contributed by atoms with Crippen molar-refractivity contribution in [2.24, 2.45) is 0 Å². The quantitative estimate of drug-likeness (QED) is 0.442. The molecule has 0 atom stereocenters. The Labute approximate surface area is 187 Å². The fraction of sp³-hybridized carbons (Fsp3) is 0.208. The molecule has 0 radical (unpaired) electrons. The lowest BCUT2D eigenvalue weighted by molar-refractivity contribution is 0.506. The maximum atomic E-state index is 13.7. The minimum atomic E-state index is -3.48. The van der Waals surface area contributed by atoms with Crippen LogP contribution in [0.5, 0.6) is 0 Å². The second-order valence-corrected chi connectivity index (χ2v) is 9.78. The van der Waals surface area contributed by atoms with Crippen molar-refractivity contribution in [3.63, 3.8) is 0 Å². The molecule has 4 rings (SSSR count). The van der Waals surface area contributed by atoms with E-state index in [4.69, 9.17) is 0 Å². The van der Waals surface area contributed by atoms with E-state index >= 15 is 0 Å². The van der Waals surface area contributed by atoms with Gasteiger partial charge in [0.15, 0.2) is 0 Å². The van der Waals surface area contributed by atoms with Gasteiger partial charge in [0.2, 0.25) is 0 Å². The molecular formula is C24H25FN4O2S. The molecule has 0 amide bonds. The molecule has 0 aliphatic carbocycles. The van der Waals surface area contributed by atoms with Crippen LogP contribution in [0.15, 0.2) is 73.2 Å². The third kappa shape index (κ3) is 4.88. The van der Waals surface area contributed by atoms with Crippen molar-refractivity contribution in [1.29, 1.82) is 0 Å². The van der Waals surface area contributed by atoms with Crippen molar-refractivity contribution in [2.75, 3.05) is 20.6 Å². The van der Waals surface area contributed by atoms with E-state index < -0.39 is 10.2 Å². The average molecular weight is 453 g/mol. The Hall–Kier alpha value is -3.07. The monoisotopic (exact) mass is 452 g/mol. The van der Waals surface area contributed by atoms with Crippen LogP contribution < -0.4 is 4.72 Å². The van der Waals surface area contributed by atoms with Gasteiger partial charge in [-0.1, -0.05) is 24.3 Å². The zero-order chi connectivity index (χ0) is 22.7. The highest BCUT2D eigenvalue weighted by Gasteiger charge is 2.14. The smallest absolute Gasteiger partial charge is 0.278 e. The molecule has 6 nitrogen and oxygen atoms in total. The molecule has 2 heterocycles. The molecule has 0 saturated carbocycles. The summed E-state index contributed by atoms with van der Waals surface area (Å²) in [4.78, 5) is 4.08. The lowest BCUT2D eigenvalue weighted by Gasteiger charge is -2.11. The van der Waals surface area contributed by atoms with Crippen molar-refractivity contribution in [3.05, 3.63) is 90.1 Å². The van der Waals surface area contributed by atoms with Gasteiger partial charge in [0.1, 0.15) is 5.82 Å². The van der Waals surface area contributed by atoms with Gasteiger partial charge in [-0.2, -0.15) is 12.7 Å². The average Bonchev–Trinajstić information content (AvgIpc) is 3.11. The molecule has 0 fully saturated rings. The van der Waals surface area contributed by atoms with Crippen LogP contribution in [-0.4, -0.2) is 42.9 Å². The Kier molecular flexibility index (Phi) is 6.36. The molecule has 166 valence electrons. The molecule has 0 aliphatic rings. The summed E-state index contributed by atoms with van der Waals surface area (Å²) in [6.45, 7) is 0.795. The normalized spacial score (nSPS) is 12.0. The lowest BCUT2D eigenvalue weighted by atomic mass is 10.0. The number of nitrogens with one attached hydrogen (secondary N) is 1. The summed E-state index contributed by atoms with van der Waals surface area (Å²) in [5, 5.41) is 1.04. The van der Waals surface area contributed by atoms with Crippen LogP contribution >= 0.6 is 0 Å². The summed E-state index contributed by atoms with van der Waals surface area (Å²) < 4.78 is 43.6. The topological polar surface area (TPSA) is 67.2 Å². The van der Waals surface area contributed by atoms with Crippen LogP contribution in [0.25, 0.3) is 22.0 Å². The van der Waals surface area contributed by atoms with E-state index in [0.29, 0.717) is 13.0 Å². The van der Waals surface area contributed by atoms with E-state index in [-0.39, 0.29) is 12.4 Å². The Bertz CT molecular complexity index is 1330. The highest BCUT2D eigenvalue weighted by atomic mass is 32.2. The van der Waals surface area contributed by atoms with Crippen molar-refractivity contribution in [2.45, 2.75) is 13.0 Å². The lowest BCUT2D eigenvalue weighted by Crippen LogP contribution is -2.36. The molecule has 0 unspecified atom stereocenters. The SMILES string of the molecule is CN(C)S(=O)(=O)NCCc1cn(Cc2cccc(F)c2)c2cc(-c3ccncc3)ccc12. The second kappa shape index (κ2) is 9.20. The first-order valence-electron chi connectivity index (χ1n) is 10.3. The first-order valence-corrected chi connectivity index (χ1v) is 11.7. The molecule has 4 aromatic rings. The zero-order valence-corrected chi connectivity index (χ0v) is 18.8. The van der Waals surface area contributed by atoms with E-state index in [1.165, 1.54) is 26.2 Å². The van der Waals surface area contributed by atoms with Gasteiger partial charge >= 0.3 is 0 Å². The van der Waals surface area contributed by atoms with E-state index in [2.05, 4.69) is 32.5 Å². The van der Waals surface area contributed by atoms with Crippen molar-refractivity contribution in [3.8, 4) is 11.1 Å². The van der Waals surface area contributed by atoms with E-state index in [0.717, 1.165) is 37.5 Å². The van der Waals surface area contributed by atoms with Gasteiger partial charge in [0.25, 0.3) is 10.2 Å². The molecule has 0 spiro atoms. The molecule has 1 N–H and O–H groups in total. The van der Waals surface area contributed by atoms with Gasteiger partial charge in [-0.05, 0) is 59.0 Å². The number of pyridine rings is 1. The van der Waals surface area contributed by atoms with Crippen LogP contribution in [0.2, 0.25) is 0 Å². The molecule has 8 heteroatoms. The highest BCUT2D eigenvalue weighted by Crippen LogP contribution is 2.28. The zero-order valence-electron chi connectivity index (χ0n) is 18.0. The molecule has 2 aromatic heterocycles. The minimum absolute atomic E-state index is 0.269. The molecule has 0 bridgehead atoms. The fourth-order valence-electron chi connectivity index (χ4n) is 3.70. The number of fused-ring (bicyclic) bond motifs is 1. The van der Waals surface area contributed by atoms with Crippen molar-refractivity contribution < 1.29 is 12.8 Å². The summed E-state index contributed by atoms with van der Waals surface area (Å²) >= 11 is 0. The van der Waals surface area contributed by atoms with Gasteiger partial charge in [0, 0.05) is 56.7 Å². The Morgan fingerprint density at radius 1 is 1.03 bits per heavy atom. The molecule has 32 heavy (non-hydrogen) atoms. The maximum absolute atomic E-state index is 13.7. The van der Waals surface area contributed by atoms with Gasteiger partial charge < -0.3 is 4.57 Å². The number of nitrogens with zero attached hydrogens (tertiary/aromatic N) is 3. The molecule has 0 aliphatic heterocycles. The second-order valence-electron chi connectivity index (χ2n) is 7.81. The number of aromatic nitrogens is 2. The summed E-state index contributed by atoms with van der Waals surface area (Å²) in [6, 6.07) is 16.7. The van der Waals surface area contributed by atoms with E-state index in [1.807, 2.05) is 24.4 Å². The number of hydrogen-bond acceptors (Lipinski definition) is 3. The summed E-state index contributed by atoms with van der Waals surface area (Å²) in [6.07, 6.45) is 6.07. The predicted octanol–water partition coefficient (Wildman–Crippen LogP) is 3.83. The Morgan fingerprint density at radius 2 is 1.81 bits per heavy atom. The van der Waals surface area contributed by atoms with Gasteiger partial charge in [-0.3, -0.25) is 4.98 Å². The Morgan fingerprint density at radius 3 is 2.53 bits per heavy atom. The number of hydrogen-bond donors (Lipinski definition) is 1. The van der Waals surface area contributed by atoms with Gasteiger partial charge in [0.05, 0.1) is 0 Å². The van der Waals surface area contributed by atoms with Crippen LogP contribution in [0, 0.1) is 5.82 Å². The number of rotatable bonds is 8. The fourth-order valence-corrected chi connectivity index (χ4v) is 4.32. The van der Waals surface area contributed by atoms with Crippen molar-refractivity contribution in [1.82, 2.24) is 18.6 Å². The number of benzene rings is 2. The summed E-state index contributed by atoms with van der Waals surface area (Å²) in [7, 11) is -0.494. The first kappa shape index (κ1) is 22.1. The third-order valence-corrected chi connectivity index (χ3v) is 6.91. The summed E-state index contributed by atoms with van der Waals surface area (Å²) in [5.74, 6) is -0.269. The molecule has 2 aromatic carbocycles. The molecule has 0 saturated heterocycles. The standard InChI is InChI=1S/C24H25FN4O2S/c1-28(2)32(30,31)27-13-10-21-17-29(16-18-4-3-5-22(25)14-18)24-15-20(6-7-23(21)24)19-8-11-26-12-9-19/h3-9,11-12,14-15,17,27H,10,13,16H2,1-2H3. The number of halogens is 1. The van der Waals surface area contributed by atoms with Crippen molar-refractivity contribution >= 4 is 21.1 Å². The Balaban J connectivity index is 1.70. The largest absolute Gasteiger partial charge is 0.343 e. The highest BCUT2D eigenvalue weighted by molar-refractivity contribution is 7.87. The minimum Gasteiger partial charge on any atom is -0.343 e. The van der Waals surface area contributed by atoms with Gasteiger partial charge in [-0.15, -0.1) is 0 Å². The predicted molar refractivity (Wildman–Crippen MR) is 125 cm³/mol. The third-order valence-electron chi connectivity index (χ3n) is 5.38. The summed E-state index contributed by atoms with van der Waals surface area (Å²) in [5.41, 5.74) is 5.00.